The van der Waals surface area contributed by atoms with Gasteiger partial charge in [-0.2, -0.15) is 0 Å². The van der Waals surface area contributed by atoms with Crippen molar-refractivity contribution in [3.63, 3.8) is 0 Å². The zero-order valence-electron chi connectivity index (χ0n) is 8.36. The lowest BCUT2D eigenvalue weighted by atomic mass is 10.3. The molecule has 1 aliphatic rings. The summed E-state index contributed by atoms with van der Waals surface area (Å²) in [5, 5.41) is 10.1. The van der Waals surface area contributed by atoms with Crippen LogP contribution in [0, 0.1) is 5.41 Å². The van der Waals surface area contributed by atoms with Crippen LogP contribution in [0.1, 0.15) is 4.88 Å². The molecule has 2 rings (SSSR count). The van der Waals surface area contributed by atoms with E-state index in [1.54, 1.807) is 11.3 Å². The van der Waals surface area contributed by atoms with Gasteiger partial charge in [0, 0.05) is 26.2 Å². The third-order valence-corrected chi connectivity index (χ3v) is 3.45. The van der Waals surface area contributed by atoms with Crippen molar-refractivity contribution in [3.05, 3.63) is 22.4 Å². The molecule has 1 aliphatic heterocycles. The third kappa shape index (κ3) is 1.96. The van der Waals surface area contributed by atoms with E-state index in [0.29, 0.717) is 5.84 Å². The molecule has 3 nitrogen and oxygen atoms in total. The predicted octanol–water partition coefficient (Wildman–Crippen LogP) is 1.32. The summed E-state index contributed by atoms with van der Waals surface area (Å²) in [7, 11) is 2.13. The monoisotopic (exact) mass is 209 g/mol. The molecule has 2 heterocycles. The minimum absolute atomic E-state index is 0.688. The van der Waals surface area contributed by atoms with Crippen LogP contribution in [0.4, 0.5) is 0 Å². The Bertz CT molecular complexity index is 299. The lowest BCUT2D eigenvalue weighted by molar-refractivity contribution is 0.215. The summed E-state index contributed by atoms with van der Waals surface area (Å²) >= 11 is 1.65. The van der Waals surface area contributed by atoms with Crippen LogP contribution in [0.3, 0.4) is 0 Å². The van der Waals surface area contributed by atoms with Crippen LogP contribution in [-0.4, -0.2) is 48.9 Å². The van der Waals surface area contributed by atoms with E-state index in [9.17, 15) is 0 Å². The van der Waals surface area contributed by atoms with E-state index in [4.69, 9.17) is 5.41 Å². The van der Waals surface area contributed by atoms with Crippen LogP contribution in [0.5, 0.6) is 0 Å². The Morgan fingerprint density at radius 3 is 2.64 bits per heavy atom. The van der Waals surface area contributed by atoms with E-state index in [1.165, 1.54) is 0 Å². The second-order valence-corrected chi connectivity index (χ2v) is 4.56. The van der Waals surface area contributed by atoms with Crippen molar-refractivity contribution in [2.75, 3.05) is 33.2 Å². The summed E-state index contributed by atoms with van der Waals surface area (Å²) in [4.78, 5) is 5.54. The van der Waals surface area contributed by atoms with Crippen molar-refractivity contribution < 1.29 is 0 Å². The molecular formula is C10H15N3S. The summed E-state index contributed by atoms with van der Waals surface area (Å²) < 4.78 is 0. The van der Waals surface area contributed by atoms with Gasteiger partial charge in [-0.3, -0.25) is 5.41 Å². The molecule has 0 amide bonds. The maximum atomic E-state index is 8.02. The zero-order chi connectivity index (χ0) is 9.97. The van der Waals surface area contributed by atoms with Crippen LogP contribution < -0.4 is 0 Å². The van der Waals surface area contributed by atoms with E-state index in [0.717, 1.165) is 31.1 Å². The molecule has 0 atom stereocenters. The average Bonchev–Trinajstić information content (AvgIpc) is 2.71. The van der Waals surface area contributed by atoms with Crippen molar-refractivity contribution in [1.29, 1.82) is 5.41 Å². The Hall–Kier alpha value is -0.870. The zero-order valence-corrected chi connectivity index (χ0v) is 9.18. The molecule has 1 aromatic heterocycles. The van der Waals surface area contributed by atoms with Crippen LogP contribution in [0.15, 0.2) is 17.5 Å². The molecule has 0 saturated carbocycles. The van der Waals surface area contributed by atoms with Crippen LogP contribution in [0.2, 0.25) is 0 Å². The van der Waals surface area contributed by atoms with Crippen molar-refractivity contribution in [1.82, 2.24) is 9.80 Å². The number of amidine groups is 1. The van der Waals surface area contributed by atoms with Crippen molar-refractivity contribution in [2.45, 2.75) is 0 Å². The lowest BCUT2D eigenvalue weighted by Crippen LogP contribution is -2.46. The lowest BCUT2D eigenvalue weighted by Gasteiger charge is -2.33. The fraction of sp³-hybridized carbons (Fsp3) is 0.500. The number of nitrogens with zero attached hydrogens (tertiary/aromatic N) is 2. The first-order valence-corrected chi connectivity index (χ1v) is 5.71. The minimum atomic E-state index is 0.688. The van der Waals surface area contributed by atoms with Crippen molar-refractivity contribution in [2.24, 2.45) is 0 Å². The highest BCUT2D eigenvalue weighted by atomic mass is 32.1. The molecule has 0 spiro atoms. The molecule has 0 unspecified atom stereocenters. The maximum absolute atomic E-state index is 8.02. The summed E-state index contributed by atoms with van der Waals surface area (Å²) in [6.45, 7) is 4.09. The largest absolute Gasteiger partial charge is 0.353 e. The van der Waals surface area contributed by atoms with Gasteiger partial charge in [0.1, 0.15) is 5.84 Å². The first-order valence-electron chi connectivity index (χ1n) is 4.83. The van der Waals surface area contributed by atoms with E-state index < -0.39 is 0 Å². The van der Waals surface area contributed by atoms with Gasteiger partial charge in [-0.05, 0) is 18.5 Å². The van der Waals surface area contributed by atoms with Crippen LogP contribution in [-0.2, 0) is 0 Å². The molecule has 1 aromatic rings. The first-order chi connectivity index (χ1) is 6.77. The van der Waals surface area contributed by atoms with Gasteiger partial charge in [-0.15, -0.1) is 11.3 Å². The fourth-order valence-electron chi connectivity index (χ4n) is 1.60. The summed E-state index contributed by atoms with van der Waals surface area (Å²) in [5.74, 6) is 0.688. The molecule has 0 bridgehead atoms. The minimum Gasteiger partial charge on any atom is -0.353 e. The van der Waals surface area contributed by atoms with Crippen LogP contribution >= 0.6 is 11.3 Å². The van der Waals surface area contributed by atoms with Gasteiger partial charge in [0.05, 0.1) is 4.88 Å². The highest BCUT2D eigenvalue weighted by Crippen LogP contribution is 2.13. The Morgan fingerprint density at radius 1 is 1.36 bits per heavy atom. The third-order valence-electron chi connectivity index (χ3n) is 2.57. The van der Waals surface area contributed by atoms with Gasteiger partial charge in [-0.25, -0.2) is 0 Å². The fourth-order valence-corrected chi connectivity index (χ4v) is 2.30. The van der Waals surface area contributed by atoms with E-state index in [1.807, 2.05) is 17.5 Å². The normalized spacial score (nSPS) is 18.5. The van der Waals surface area contributed by atoms with Gasteiger partial charge in [-0.1, -0.05) is 6.07 Å². The number of likely N-dealkylation sites (N-methyl/N-ethyl adjacent to an activating group) is 1. The quantitative estimate of drug-likeness (QED) is 0.558. The number of hydrogen-bond acceptors (Lipinski definition) is 3. The molecule has 76 valence electrons. The Kier molecular flexibility index (Phi) is 2.84. The second-order valence-electron chi connectivity index (χ2n) is 3.62. The molecule has 0 radical (unpaired) electrons. The van der Waals surface area contributed by atoms with E-state index in [-0.39, 0.29) is 0 Å². The van der Waals surface area contributed by atoms with Gasteiger partial charge in [0.25, 0.3) is 0 Å². The molecule has 0 aliphatic carbocycles. The first kappa shape index (κ1) is 9.68. The number of piperazine rings is 1. The Morgan fingerprint density at radius 2 is 2.07 bits per heavy atom. The van der Waals surface area contributed by atoms with Gasteiger partial charge >= 0.3 is 0 Å². The molecule has 1 N–H and O–H groups in total. The maximum Gasteiger partial charge on any atom is 0.138 e. The highest BCUT2D eigenvalue weighted by molar-refractivity contribution is 7.12. The van der Waals surface area contributed by atoms with Gasteiger partial charge in [0.15, 0.2) is 0 Å². The smallest absolute Gasteiger partial charge is 0.138 e. The highest BCUT2D eigenvalue weighted by Gasteiger charge is 2.17. The molecule has 1 fully saturated rings. The summed E-state index contributed by atoms with van der Waals surface area (Å²) in [6, 6.07) is 4.02. The molecule has 4 heteroatoms. The topological polar surface area (TPSA) is 30.3 Å². The van der Waals surface area contributed by atoms with E-state index in [2.05, 4.69) is 16.8 Å². The Balaban J connectivity index is 1.99. The van der Waals surface area contributed by atoms with Crippen molar-refractivity contribution in [3.8, 4) is 0 Å². The average molecular weight is 209 g/mol. The van der Waals surface area contributed by atoms with Crippen molar-refractivity contribution >= 4 is 17.2 Å². The van der Waals surface area contributed by atoms with E-state index >= 15 is 0 Å². The summed E-state index contributed by atoms with van der Waals surface area (Å²) in [6.07, 6.45) is 0. The van der Waals surface area contributed by atoms with Gasteiger partial charge in [0.2, 0.25) is 0 Å². The molecule has 1 saturated heterocycles. The Labute approximate surface area is 88.5 Å². The molecular weight excluding hydrogens is 194 g/mol. The number of rotatable bonds is 1. The summed E-state index contributed by atoms with van der Waals surface area (Å²) in [5.41, 5.74) is 0. The predicted molar refractivity (Wildman–Crippen MR) is 60.2 cm³/mol. The van der Waals surface area contributed by atoms with Crippen LogP contribution in [0.25, 0.3) is 0 Å². The number of nitrogens with one attached hydrogen (secondary N) is 1. The molecule has 0 aromatic carbocycles. The molecule has 14 heavy (non-hydrogen) atoms. The standard InChI is InChI=1S/C10H15N3S/c1-12-4-6-13(7-5-12)10(11)9-3-2-8-14-9/h2-3,8,11H,4-7H2,1H3. The second kappa shape index (κ2) is 4.11. The number of thiophene rings is 1. The number of hydrogen-bond donors (Lipinski definition) is 1. The van der Waals surface area contributed by atoms with Gasteiger partial charge < -0.3 is 9.80 Å². The SMILES string of the molecule is CN1CCN(C(=N)c2cccs2)CC1.